The van der Waals surface area contributed by atoms with Gasteiger partial charge in [0.25, 0.3) is 0 Å². The molecule has 0 spiro atoms. The zero-order valence-electron chi connectivity index (χ0n) is 19.6. The monoisotopic (exact) mass is 511 g/mol. The van der Waals surface area contributed by atoms with E-state index in [0.29, 0.717) is 56.0 Å². The maximum atomic E-state index is 13.5. The van der Waals surface area contributed by atoms with Crippen LogP contribution in [0.4, 0.5) is 18.9 Å². The Hall–Kier alpha value is -2.79. The highest BCUT2D eigenvalue weighted by atomic mass is 32.2. The van der Waals surface area contributed by atoms with E-state index in [2.05, 4.69) is 0 Å². The summed E-state index contributed by atoms with van der Waals surface area (Å²) in [4.78, 5) is 16.9. The van der Waals surface area contributed by atoms with Gasteiger partial charge >= 0.3 is 6.18 Å². The molecule has 0 aliphatic carbocycles. The van der Waals surface area contributed by atoms with Crippen LogP contribution >= 0.6 is 0 Å². The number of hydrogen-bond donors (Lipinski definition) is 0. The molecule has 2 aromatic carbocycles. The van der Waals surface area contributed by atoms with Crippen LogP contribution in [0.15, 0.2) is 47.4 Å². The number of piperazine rings is 1. The summed E-state index contributed by atoms with van der Waals surface area (Å²) in [6.45, 7) is 3.28. The van der Waals surface area contributed by atoms with Crippen LogP contribution in [0.1, 0.15) is 24.0 Å². The van der Waals surface area contributed by atoms with Crippen LogP contribution in [0.5, 0.6) is 5.75 Å². The first-order valence-corrected chi connectivity index (χ1v) is 12.8. The molecule has 1 atom stereocenters. The molecule has 0 radical (unpaired) electrons. The van der Waals surface area contributed by atoms with Crippen molar-refractivity contribution in [1.29, 1.82) is 0 Å². The molecule has 1 amide bonds. The molecule has 0 N–H and O–H groups in total. The van der Waals surface area contributed by atoms with Crippen molar-refractivity contribution < 1.29 is 31.1 Å². The maximum Gasteiger partial charge on any atom is 0.416 e. The summed E-state index contributed by atoms with van der Waals surface area (Å²) in [5.74, 6) is 0.150. The molecule has 0 saturated carbocycles. The van der Waals surface area contributed by atoms with E-state index in [1.807, 2.05) is 4.90 Å². The molecule has 7 nitrogen and oxygen atoms in total. The molecule has 0 unspecified atom stereocenters. The lowest BCUT2D eigenvalue weighted by atomic mass is 10.1. The van der Waals surface area contributed by atoms with Crippen LogP contribution in [-0.4, -0.2) is 69.4 Å². The van der Waals surface area contributed by atoms with E-state index in [1.54, 1.807) is 30.0 Å². The Morgan fingerprint density at radius 2 is 1.74 bits per heavy atom. The largest absolute Gasteiger partial charge is 0.497 e. The summed E-state index contributed by atoms with van der Waals surface area (Å²) < 4.78 is 72.6. The summed E-state index contributed by atoms with van der Waals surface area (Å²) in [6.07, 6.45) is -3.43. The lowest BCUT2D eigenvalue weighted by Gasteiger charge is -2.38. The highest BCUT2D eigenvalue weighted by molar-refractivity contribution is 7.89. The molecule has 35 heavy (non-hydrogen) atoms. The fourth-order valence-corrected chi connectivity index (χ4v) is 6.55. The molecule has 0 aromatic heterocycles. The zero-order valence-corrected chi connectivity index (χ0v) is 20.4. The number of rotatable bonds is 5. The Morgan fingerprint density at radius 1 is 1.03 bits per heavy atom. The lowest BCUT2D eigenvalue weighted by Crippen LogP contribution is -2.54. The number of nitrogens with zero attached hydrogens (tertiary/aromatic N) is 3. The van der Waals surface area contributed by atoms with Gasteiger partial charge in [0, 0.05) is 44.5 Å². The number of anilines is 1. The number of halogens is 3. The van der Waals surface area contributed by atoms with E-state index in [9.17, 15) is 26.4 Å². The van der Waals surface area contributed by atoms with E-state index in [0.717, 1.165) is 12.1 Å². The minimum atomic E-state index is -4.42. The Bertz CT molecular complexity index is 1190. The van der Waals surface area contributed by atoms with Gasteiger partial charge in [-0.05, 0) is 49.6 Å². The van der Waals surface area contributed by atoms with Crippen LogP contribution in [0.2, 0.25) is 0 Å². The van der Waals surface area contributed by atoms with Crippen molar-refractivity contribution in [3.05, 3.63) is 53.6 Å². The van der Waals surface area contributed by atoms with Gasteiger partial charge in [-0.1, -0.05) is 12.1 Å². The number of ether oxygens (including phenoxy) is 1. The predicted molar refractivity (Wildman–Crippen MR) is 125 cm³/mol. The van der Waals surface area contributed by atoms with Gasteiger partial charge in [-0.15, -0.1) is 0 Å². The summed E-state index contributed by atoms with van der Waals surface area (Å²) in [7, 11) is -2.46. The maximum absolute atomic E-state index is 13.5. The molecule has 0 bridgehead atoms. The molecule has 2 fully saturated rings. The normalized spacial score (nSPS) is 19.7. The lowest BCUT2D eigenvalue weighted by molar-refractivity contribution is -0.137. The average Bonchev–Trinajstić information content (AvgIpc) is 3.34. The highest BCUT2D eigenvalue weighted by Gasteiger charge is 2.42. The van der Waals surface area contributed by atoms with Gasteiger partial charge in [0.2, 0.25) is 15.9 Å². The first-order chi connectivity index (χ1) is 16.5. The Morgan fingerprint density at radius 3 is 2.40 bits per heavy atom. The smallest absolute Gasteiger partial charge is 0.416 e. The van der Waals surface area contributed by atoms with Gasteiger partial charge < -0.3 is 14.5 Å². The molecule has 4 rings (SSSR count). The number of benzene rings is 2. The van der Waals surface area contributed by atoms with Crippen LogP contribution in [0.3, 0.4) is 0 Å². The summed E-state index contributed by atoms with van der Waals surface area (Å²) >= 11 is 0. The van der Waals surface area contributed by atoms with Crippen molar-refractivity contribution in [1.82, 2.24) is 9.21 Å². The van der Waals surface area contributed by atoms with Crippen molar-refractivity contribution in [2.75, 3.05) is 44.7 Å². The Balaban J connectivity index is 1.47. The van der Waals surface area contributed by atoms with Crippen molar-refractivity contribution in [2.45, 2.75) is 36.9 Å². The second kappa shape index (κ2) is 9.69. The molecule has 2 aliphatic rings. The number of alkyl halides is 3. The van der Waals surface area contributed by atoms with Crippen LogP contribution < -0.4 is 9.64 Å². The molecule has 11 heteroatoms. The van der Waals surface area contributed by atoms with Crippen molar-refractivity contribution in [3.63, 3.8) is 0 Å². The van der Waals surface area contributed by atoms with Crippen LogP contribution in [-0.2, 0) is 21.0 Å². The standard InChI is InChI=1S/C24H28F3N3O4S/c1-17-8-9-20(34-2)16-22(17)35(32,33)30-10-4-7-21(30)23(31)29-13-11-28(12-14-29)19-6-3-5-18(15-19)24(25,26)27/h3,5-6,8-9,15-16,21H,4,7,10-14H2,1-2H3/t21-/m0/s1. The van der Waals surface area contributed by atoms with Gasteiger partial charge in [0.05, 0.1) is 17.6 Å². The number of aryl methyl sites for hydroxylation is 1. The minimum absolute atomic E-state index is 0.117. The number of methoxy groups -OCH3 is 1. The fourth-order valence-electron chi connectivity index (χ4n) is 4.66. The number of hydrogen-bond acceptors (Lipinski definition) is 5. The quantitative estimate of drug-likeness (QED) is 0.615. The first-order valence-electron chi connectivity index (χ1n) is 11.4. The minimum Gasteiger partial charge on any atom is -0.497 e. The van der Waals surface area contributed by atoms with Crippen LogP contribution in [0.25, 0.3) is 0 Å². The number of carbonyl (C=O) groups excluding carboxylic acids is 1. The number of sulfonamides is 1. The zero-order chi connectivity index (χ0) is 25.4. The number of amides is 1. The van der Waals surface area contributed by atoms with E-state index in [-0.39, 0.29) is 17.3 Å². The summed E-state index contributed by atoms with van der Waals surface area (Å²) in [5, 5.41) is 0. The van der Waals surface area contributed by atoms with Gasteiger partial charge in [0.15, 0.2) is 0 Å². The Labute approximate surface area is 203 Å². The van der Waals surface area contributed by atoms with E-state index in [4.69, 9.17) is 4.74 Å². The third-order valence-electron chi connectivity index (χ3n) is 6.60. The topological polar surface area (TPSA) is 70.2 Å². The van der Waals surface area contributed by atoms with E-state index >= 15 is 0 Å². The van der Waals surface area contributed by atoms with E-state index in [1.165, 1.54) is 23.5 Å². The fraction of sp³-hybridized carbons (Fsp3) is 0.458. The highest BCUT2D eigenvalue weighted by Crippen LogP contribution is 2.33. The van der Waals surface area contributed by atoms with Gasteiger partial charge in [-0.2, -0.15) is 17.5 Å². The van der Waals surface area contributed by atoms with E-state index < -0.39 is 27.8 Å². The third kappa shape index (κ3) is 5.11. The molecule has 2 saturated heterocycles. The third-order valence-corrected chi connectivity index (χ3v) is 8.65. The van der Waals surface area contributed by atoms with Crippen molar-refractivity contribution in [2.24, 2.45) is 0 Å². The van der Waals surface area contributed by atoms with Crippen molar-refractivity contribution >= 4 is 21.6 Å². The Kier molecular flexibility index (Phi) is 7.01. The first kappa shape index (κ1) is 25.3. The molecular weight excluding hydrogens is 483 g/mol. The van der Waals surface area contributed by atoms with Gasteiger partial charge in [0.1, 0.15) is 11.8 Å². The SMILES string of the molecule is COc1ccc(C)c(S(=O)(=O)N2CCC[C@H]2C(=O)N2CCN(c3cccc(C(F)(F)F)c3)CC2)c1. The van der Waals surface area contributed by atoms with Crippen molar-refractivity contribution in [3.8, 4) is 5.75 Å². The second-order valence-corrected chi connectivity index (χ2v) is 10.6. The second-order valence-electron chi connectivity index (χ2n) is 8.77. The molecule has 2 aliphatic heterocycles. The van der Waals surface area contributed by atoms with Gasteiger partial charge in [-0.3, -0.25) is 4.79 Å². The van der Waals surface area contributed by atoms with Crippen LogP contribution in [0, 0.1) is 6.92 Å². The molecular formula is C24H28F3N3O4S. The summed E-state index contributed by atoms with van der Waals surface area (Å²) in [6, 6.07) is 9.16. The number of carbonyl (C=O) groups is 1. The average molecular weight is 512 g/mol. The molecule has 2 aromatic rings. The van der Waals surface area contributed by atoms with Gasteiger partial charge in [-0.25, -0.2) is 8.42 Å². The molecule has 2 heterocycles. The molecule has 190 valence electrons. The summed E-state index contributed by atoms with van der Waals surface area (Å²) in [5.41, 5.74) is 0.303. The predicted octanol–water partition coefficient (Wildman–Crippen LogP) is 3.52.